The van der Waals surface area contributed by atoms with Crippen molar-refractivity contribution in [3.05, 3.63) is 0 Å². The first kappa shape index (κ1) is 16.6. The molecule has 0 aromatic rings. The standard InChI is InChI=1S/C22H36N2O/c1-20-11-17-12-21(2,14-20)16-22(13-17,15-20)19(25)24-9-7-23(8-10-24)18-5-3-4-6-18/h17-18H,3-16H2,1-2H3. The van der Waals surface area contributed by atoms with Gasteiger partial charge in [0, 0.05) is 32.2 Å². The van der Waals surface area contributed by atoms with Crippen molar-refractivity contribution in [1.29, 1.82) is 0 Å². The minimum atomic E-state index is -0.00154. The van der Waals surface area contributed by atoms with E-state index in [-0.39, 0.29) is 5.41 Å². The molecule has 3 nitrogen and oxygen atoms in total. The molecule has 1 aliphatic heterocycles. The lowest BCUT2D eigenvalue weighted by atomic mass is 9.40. The van der Waals surface area contributed by atoms with Gasteiger partial charge >= 0.3 is 0 Å². The van der Waals surface area contributed by atoms with Crippen molar-refractivity contribution in [3.8, 4) is 0 Å². The Hall–Kier alpha value is -0.570. The molecule has 6 rings (SSSR count). The van der Waals surface area contributed by atoms with Crippen LogP contribution in [0.3, 0.4) is 0 Å². The molecule has 4 bridgehead atoms. The first-order valence-corrected chi connectivity index (χ1v) is 10.9. The lowest BCUT2D eigenvalue weighted by molar-refractivity contribution is -0.181. The predicted octanol–water partition coefficient (Wildman–Crippen LogP) is 4.07. The van der Waals surface area contributed by atoms with Crippen LogP contribution in [0.4, 0.5) is 0 Å². The molecule has 5 saturated carbocycles. The normalized spacial score (nSPS) is 47.6. The summed E-state index contributed by atoms with van der Waals surface area (Å²) in [6.45, 7) is 9.16. The van der Waals surface area contributed by atoms with E-state index in [0.717, 1.165) is 38.1 Å². The van der Waals surface area contributed by atoms with Crippen LogP contribution in [0, 0.1) is 22.2 Å². The van der Waals surface area contributed by atoms with E-state index in [2.05, 4.69) is 23.6 Å². The highest BCUT2D eigenvalue weighted by Crippen LogP contribution is 2.69. The number of amides is 1. The molecule has 0 N–H and O–H groups in total. The minimum Gasteiger partial charge on any atom is -0.340 e. The molecule has 0 radical (unpaired) electrons. The fourth-order valence-corrected chi connectivity index (χ4v) is 8.58. The maximum atomic E-state index is 13.7. The summed E-state index contributed by atoms with van der Waals surface area (Å²) in [4.78, 5) is 18.6. The molecule has 3 heteroatoms. The van der Waals surface area contributed by atoms with Crippen LogP contribution in [0.2, 0.25) is 0 Å². The molecule has 6 aliphatic rings. The Kier molecular flexibility index (Phi) is 3.63. The molecule has 0 spiro atoms. The average molecular weight is 345 g/mol. The molecule has 1 heterocycles. The van der Waals surface area contributed by atoms with E-state index in [4.69, 9.17) is 0 Å². The molecule has 140 valence electrons. The van der Waals surface area contributed by atoms with Gasteiger partial charge in [-0.25, -0.2) is 0 Å². The number of nitrogens with zero attached hydrogens (tertiary/aromatic N) is 2. The Morgan fingerprint density at radius 2 is 1.44 bits per heavy atom. The molecular weight excluding hydrogens is 308 g/mol. The molecule has 2 atom stereocenters. The summed E-state index contributed by atoms with van der Waals surface area (Å²) in [5, 5.41) is 0. The van der Waals surface area contributed by atoms with Crippen LogP contribution in [0.25, 0.3) is 0 Å². The zero-order valence-corrected chi connectivity index (χ0v) is 16.4. The second-order valence-corrected chi connectivity index (χ2v) is 11.2. The van der Waals surface area contributed by atoms with Crippen molar-refractivity contribution >= 4 is 5.91 Å². The van der Waals surface area contributed by atoms with Crippen LogP contribution in [0.1, 0.15) is 78.1 Å². The van der Waals surface area contributed by atoms with Crippen molar-refractivity contribution in [1.82, 2.24) is 9.80 Å². The van der Waals surface area contributed by atoms with Gasteiger partial charge in [0.05, 0.1) is 5.41 Å². The Balaban J connectivity index is 1.30. The second kappa shape index (κ2) is 5.47. The zero-order chi connectivity index (χ0) is 17.3. The van der Waals surface area contributed by atoms with Gasteiger partial charge in [0.15, 0.2) is 0 Å². The summed E-state index contributed by atoms with van der Waals surface area (Å²) < 4.78 is 0. The zero-order valence-electron chi connectivity index (χ0n) is 16.4. The third kappa shape index (κ3) is 2.67. The summed E-state index contributed by atoms with van der Waals surface area (Å²) in [5.41, 5.74) is 0.878. The first-order valence-electron chi connectivity index (χ1n) is 10.9. The van der Waals surface area contributed by atoms with Crippen molar-refractivity contribution < 1.29 is 4.79 Å². The van der Waals surface area contributed by atoms with Crippen molar-refractivity contribution in [3.63, 3.8) is 0 Å². The first-order chi connectivity index (χ1) is 11.9. The highest BCUT2D eigenvalue weighted by Gasteiger charge is 2.63. The smallest absolute Gasteiger partial charge is 0.228 e. The number of carbonyl (C=O) groups excluding carboxylic acids is 1. The van der Waals surface area contributed by atoms with Gasteiger partial charge in [0.2, 0.25) is 5.91 Å². The molecule has 6 fully saturated rings. The van der Waals surface area contributed by atoms with E-state index in [9.17, 15) is 4.79 Å². The Bertz CT molecular complexity index is 540. The molecule has 1 saturated heterocycles. The van der Waals surface area contributed by atoms with Crippen LogP contribution in [0.15, 0.2) is 0 Å². The monoisotopic (exact) mass is 344 g/mol. The number of hydrogen-bond acceptors (Lipinski definition) is 2. The maximum Gasteiger partial charge on any atom is 0.228 e. The highest BCUT2D eigenvalue weighted by atomic mass is 16.2. The van der Waals surface area contributed by atoms with Gasteiger partial charge < -0.3 is 4.90 Å². The van der Waals surface area contributed by atoms with E-state index >= 15 is 0 Å². The van der Waals surface area contributed by atoms with Crippen LogP contribution < -0.4 is 0 Å². The largest absolute Gasteiger partial charge is 0.340 e. The van der Waals surface area contributed by atoms with Gasteiger partial charge in [-0.05, 0) is 68.1 Å². The number of carbonyl (C=O) groups is 1. The Labute approximate surface area is 153 Å². The van der Waals surface area contributed by atoms with Crippen LogP contribution in [-0.2, 0) is 4.79 Å². The molecule has 0 aromatic carbocycles. The van der Waals surface area contributed by atoms with Crippen LogP contribution in [-0.4, -0.2) is 47.9 Å². The molecule has 0 aromatic heterocycles. The Morgan fingerprint density at radius 1 is 0.840 bits per heavy atom. The quantitative estimate of drug-likeness (QED) is 0.754. The molecule has 2 unspecified atom stereocenters. The van der Waals surface area contributed by atoms with E-state index < -0.39 is 0 Å². The van der Waals surface area contributed by atoms with Gasteiger partial charge in [-0.3, -0.25) is 9.69 Å². The lowest BCUT2D eigenvalue weighted by Crippen LogP contribution is -2.62. The molecule has 5 aliphatic carbocycles. The fourth-order valence-electron chi connectivity index (χ4n) is 8.58. The van der Waals surface area contributed by atoms with Gasteiger partial charge in [-0.2, -0.15) is 0 Å². The summed E-state index contributed by atoms with van der Waals surface area (Å²) in [7, 11) is 0. The highest BCUT2D eigenvalue weighted by molar-refractivity contribution is 5.83. The second-order valence-electron chi connectivity index (χ2n) is 11.2. The van der Waals surface area contributed by atoms with E-state index in [1.54, 1.807) is 0 Å². The van der Waals surface area contributed by atoms with Crippen molar-refractivity contribution in [2.75, 3.05) is 26.2 Å². The van der Waals surface area contributed by atoms with Gasteiger partial charge in [0.25, 0.3) is 0 Å². The molecular formula is C22H36N2O. The van der Waals surface area contributed by atoms with Crippen molar-refractivity contribution in [2.45, 2.75) is 84.1 Å². The number of rotatable bonds is 2. The van der Waals surface area contributed by atoms with Gasteiger partial charge in [0.1, 0.15) is 0 Å². The summed E-state index contributed by atoms with van der Waals surface area (Å²) in [6.07, 6.45) is 13.3. The van der Waals surface area contributed by atoms with Gasteiger partial charge in [-0.15, -0.1) is 0 Å². The van der Waals surface area contributed by atoms with Crippen LogP contribution >= 0.6 is 0 Å². The number of hydrogen-bond donors (Lipinski definition) is 0. The van der Waals surface area contributed by atoms with E-state index in [0.29, 0.717) is 16.7 Å². The fraction of sp³-hybridized carbons (Fsp3) is 0.955. The SMILES string of the molecule is CC12CC3CC(C)(C1)CC(C(=O)N1CCN(C4CCCC4)CC1)(C3)C2. The van der Waals surface area contributed by atoms with Crippen LogP contribution in [0.5, 0.6) is 0 Å². The van der Waals surface area contributed by atoms with Crippen molar-refractivity contribution in [2.24, 2.45) is 22.2 Å². The van der Waals surface area contributed by atoms with Gasteiger partial charge in [-0.1, -0.05) is 26.7 Å². The van der Waals surface area contributed by atoms with E-state index in [1.165, 1.54) is 64.2 Å². The topological polar surface area (TPSA) is 23.6 Å². The predicted molar refractivity (Wildman–Crippen MR) is 100 cm³/mol. The molecule has 25 heavy (non-hydrogen) atoms. The Morgan fingerprint density at radius 3 is 2.00 bits per heavy atom. The minimum absolute atomic E-state index is 0.00154. The lowest BCUT2D eigenvalue weighted by Gasteiger charge is -2.65. The average Bonchev–Trinajstić information content (AvgIpc) is 3.05. The summed E-state index contributed by atoms with van der Waals surface area (Å²) in [5.74, 6) is 1.36. The number of piperazine rings is 1. The maximum absolute atomic E-state index is 13.7. The summed E-state index contributed by atoms with van der Waals surface area (Å²) >= 11 is 0. The third-order valence-electron chi connectivity index (χ3n) is 8.52. The third-order valence-corrected chi connectivity index (χ3v) is 8.52. The molecule has 1 amide bonds. The summed E-state index contributed by atoms with van der Waals surface area (Å²) in [6, 6.07) is 0.814. The van der Waals surface area contributed by atoms with E-state index in [1.807, 2.05) is 0 Å².